The number of Topliss-reactive ketones (excluding diaryl/α,β-unsaturated/α-hetero) is 1. The monoisotopic (exact) mass is 233 g/mol. The van der Waals surface area contributed by atoms with E-state index in [0.717, 1.165) is 7.11 Å². The van der Waals surface area contributed by atoms with E-state index in [1.54, 1.807) is 30.3 Å². The number of carbonyl (C=O) groups is 2. The maximum Gasteiger partial charge on any atom is 0.376 e. The molecule has 0 aliphatic heterocycles. The first-order chi connectivity index (χ1) is 8.13. The fourth-order valence-corrected chi connectivity index (χ4v) is 1.30. The number of hydrogen-bond acceptors (Lipinski definition) is 5. The minimum absolute atomic E-state index is 0.434. The lowest BCUT2D eigenvalue weighted by Crippen LogP contribution is -2.22. The molecule has 0 saturated heterocycles. The van der Waals surface area contributed by atoms with Gasteiger partial charge in [-0.15, -0.1) is 0 Å². The summed E-state index contributed by atoms with van der Waals surface area (Å²) in [4.78, 5) is 22.6. The zero-order valence-corrected chi connectivity index (χ0v) is 9.47. The summed E-state index contributed by atoms with van der Waals surface area (Å²) in [5.74, 6) is -2.43. The second-order valence-corrected chi connectivity index (χ2v) is 3.19. The molecular weight excluding hydrogens is 222 g/mol. The van der Waals surface area contributed by atoms with Crippen LogP contribution in [0.15, 0.2) is 24.3 Å². The van der Waals surface area contributed by atoms with Crippen molar-refractivity contribution in [1.82, 2.24) is 0 Å². The standard InChI is InChI=1S/C12H11NO4/c1-16-9-5-3-8(4-6-9)10(7-13)11(14)12(15)17-2/h3-6,10H,1-2H3. The van der Waals surface area contributed by atoms with Crippen LogP contribution >= 0.6 is 0 Å². The Morgan fingerprint density at radius 3 is 2.24 bits per heavy atom. The maximum absolute atomic E-state index is 11.5. The van der Waals surface area contributed by atoms with E-state index >= 15 is 0 Å². The summed E-state index contributed by atoms with van der Waals surface area (Å²) < 4.78 is 9.25. The van der Waals surface area contributed by atoms with Gasteiger partial charge in [-0.2, -0.15) is 5.26 Å². The quantitative estimate of drug-likeness (QED) is 0.573. The molecule has 1 rings (SSSR count). The second kappa shape index (κ2) is 5.66. The molecule has 1 atom stereocenters. The molecule has 1 aromatic carbocycles. The molecule has 1 unspecified atom stereocenters. The molecule has 0 N–H and O–H groups in total. The van der Waals surface area contributed by atoms with Gasteiger partial charge in [0, 0.05) is 0 Å². The van der Waals surface area contributed by atoms with Crippen LogP contribution in [0, 0.1) is 11.3 Å². The highest BCUT2D eigenvalue weighted by Crippen LogP contribution is 2.20. The van der Waals surface area contributed by atoms with Crippen LogP contribution in [0.25, 0.3) is 0 Å². The minimum atomic E-state index is -1.15. The molecule has 0 radical (unpaired) electrons. The van der Waals surface area contributed by atoms with Gasteiger partial charge in [0.15, 0.2) is 0 Å². The van der Waals surface area contributed by atoms with E-state index < -0.39 is 17.7 Å². The highest BCUT2D eigenvalue weighted by molar-refractivity contribution is 6.36. The van der Waals surface area contributed by atoms with Crippen LogP contribution in [0.4, 0.5) is 0 Å². The molecule has 0 fully saturated rings. The van der Waals surface area contributed by atoms with Crippen LogP contribution in [0.2, 0.25) is 0 Å². The van der Waals surface area contributed by atoms with Gasteiger partial charge in [0.2, 0.25) is 0 Å². The molecule has 0 aliphatic carbocycles. The van der Waals surface area contributed by atoms with Crippen molar-refractivity contribution in [3.05, 3.63) is 29.8 Å². The normalized spacial score (nSPS) is 11.1. The fraction of sp³-hybridized carbons (Fsp3) is 0.250. The number of carbonyl (C=O) groups excluding carboxylic acids is 2. The van der Waals surface area contributed by atoms with E-state index in [9.17, 15) is 9.59 Å². The summed E-state index contributed by atoms with van der Waals surface area (Å²) >= 11 is 0. The van der Waals surface area contributed by atoms with Gasteiger partial charge in [0.1, 0.15) is 11.7 Å². The summed E-state index contributed by atoms with van der Waals surface area (Å²) in [6.45, 7) is 0. The average Bonchev–Trinajstić information content (AvgIpc) is 2.39. The van der Waals surface area contributed by atoms with E-state index in [1.807, 2.05) is 0 Å². The van der Waals surface area contributed by atoms with Crippen molar-refractivity contribution >= 4 is 11.8 Å². The van der Waals surface area contributed by atoms with E-state index in [1.165, 1.54) is 7.11 Å². The van der Waals surface area contributed by atoms with Crippen LogP contribution in [0.1, 0.15) is 11.5 Å². The molecule has 0 saturated carbocycles. The van der Waals surface area contributed by atoms with Crippen molar-refractivity contribution in [2.75, 3.05) is 14.2 Å². The number of hydrogen-bond donors (Lipinski definition) is 0. The summed E-state index contributed by atoms with van der Waals surface area (Å²) in [5, 5.41) is 8.91. The molecule has 17 heavy (non-hydrogen) atoms. The van der Waals surface area contributed by atoms with E-state index in [4.69, 9.17) is 10.00 Å². The van der Waals surface area contributed by atoms with Gasteiger partial charge < -0.3 is 9.47 Å². The van der Waals surface area contributed by atoms with Gasteiger partial charge in [-0.25, -0.2) is 4.79 Å². The number of nitriles is 1. The Labute approximate surface area is 98.6 Å². The molecular formula is C12H11NO4. The largest absolute Gasteiger partial charge is 0.497 e. The van der Waals surface area contributed by atoms with Crippen LogP contribution in [0.3, 0.4) is 0 Å². The SMILES string of the molecule is COC(=O)C(=O)C(C#N)c1ccc(OC)cc1. The van der Waals surface area contributed by atoms with Gasteiger partial charge in [-0.3, -0.25) is 4.79 Å². The van der Waals surface area contributed by atoms with Gasteiger partial charge in [-0.1, -0.05) is 12.1 Å². The van der Waals surface area contributed by atoms with Crippen LogP contribution in [-0.4, -0.2) is 26.0 Å². The number of benzene rings is 1. The number of ether oxygens (including phenoxy) is 2. The highest BCUT2D eigenvalue weighted by Gasteiger charge is 2.27. The molecule has 0 aromatic heterocycles. The molecule has 0 heterocycles. The minimum Gasteiger partial charge on any atom is -0.497 e. The number of nitrogens with zero attached hydrogens (tertiary/aromatic N) is 1. The first-order valence-corrected chi connectivity index (χ1v) is 4.79. The molecule has 5 nitrogen and oxygen atoms in total. The Morgan fingerprint density at radius 2 is 1.82 bits per heavy atom. The molecule has 0 aliphatic rings. The van der Waals surface area contributed by atoms with Gasteiger partial charge in [0.05, 0.1) is 20.3 Å². The molecule has 0 amide bonds. The van der Waals surface area contributed by atoms with E-state index in [2.05, 4.69) is 4.74 Å². The van der Waals surface area contributed by atoms with Crippen molar-refractivity contribution in [1.29, 1.82) is 5.26 Å². The summed E-state index contributed by atoms with van der Waals surface area (Å²) in [7, 11) is 2.61. The lowest BCUT2D eigenvalue weighted by atomic mass is 9.96. The van der Waals surface area contributed by atoms with Gasteiger partial charge in [0.25, 0.3) is 5.78 Å². The number of esters is 1. The van der Waals surface area contributed by atoms with Crippen molar-refractivity contribution < 1.29 is 19.1 Å². The summed E-state index contributed by atoms with van der Waals surface area (Å²) in [6, 6.07) is 8.14. The molecule has 1 aromatic rings. The maximum atomic E-state index is 11.5. The van der Waals surface area contributed by atoms with Gasteiger partial charge >= 0.3 is 5.97 Å². The molecule has 5 heteroatoms. The Morgan fingerprint density at radius 1 is 1.24 bits per heavy atom. The first-order valence-electron chi connectivity index (χ1n) is 4.79. The molecule has 0 bridgehead atoms. The predicted molar refractivity (Wildman–Crippen MR) is 58.4 cm³/mol. The molecule has 88 valence electrons. The van der Waals surface area contributed by atoms with Crippen molar-refractivity contribution in [2.45, 2.75) is 5.92 Å². The van der Waals surface area contributed by atoms with Crippen LogP contribution in [-0.2, 0) is 14.3 Å². The zero-order chi connectivity index (χ0) is 12.8. The number of ketones is 1. The Hall–Kier alpha value is -2.35. The average molecular weight is 233 g/mol. The first kappa shape index (κ1) is 12.7. The summed E-state index contributed by atoms with van der Waals surface area (Å²) in [6.07, 6.45) is 0. The van der Waals surface area contributed by atoms with Crippen molar-refractivity contribution in [3.63, 3.8) is 0 Å². The lowest BCUT2D eigenvalue weighted by molar-refractivity contribution is -0.151. The summed E-state index contributed by atoms with van der Waals surface area (Å²) in [5.41, 5.74) is 0.434. The van der Waals surface area contributed by atoms with Crippen LogP contribution in [0.5, 0.6) is 5.75 Å². The van der Waals surface area contributed by atoms with Crippen LogP contribution < -0.4 is 4.74 Å². The van der Waals surface area contributed by atoms with E-state index in [0.29, 0.717) is 11.3 Å². The lowest BCUT2D eigenvalue weighted by Gasteiger charge is -2.07. The van der Waals surface area contributed by atoms with Crippen molar-refractivity contribution in [3.8, 4) is 11.8 Å². The number of methoxy groups -OCH3 is 2. The Kier molecular flexibility index (Phi) is 4.23. The third kappa shape index (κ3) is 2.82. The molecule has 0 spiro atoms. The fourth-order valence-electron chi connectivity index (χ4n) is 1.30. The third-order valence-corrected chi connectivity index (χ3v) is 2.23. The topological polar surface area (TPSA) is 76.4 Å². The van der Waals surface area contributed by atoms with E-state index in [-0.39, 0.29) is 0 Å². The Bertz CT molecular complexity index is 458. The smallest absolute Gasteiger partial charge is 0.376 e. The Balaban J connectivity index is 2.98. The second-order valence-electron chi connectivity index (χ2n) is 3.19. The van der Waals surface area contributed by atoms with Gasteiger partial charge in [-0.05, 0) is 17.7 Å². The highest BCUT2D eigenvalue weighted by atomic mass is 16.5. The van der Waals surface area contributed by atoms with Crippen molar-refractivity contribution in [2.24, 2.45) is 0 Å². The third-order valence-electron chi connectivity index (χ3n) is 2.23. The zero-order valence-electron chi connectivity index (χ0n) is 9.47. The number of rotatable bonds is 4. The predicted octanol–water partition coefficient (Wildman–Crippen LogP) is 1.04.